The average Bonchev–Trinajstić information content (AvgIpc) is 3.35. The number of carbonyl (C=O) groups excluding carboxylic acids is 1. The quantitative estimate of drug-likeness (QED) is 0.0217. The largest absolute Gasteiger partial charge is 0.394 e. The van der Waals surface area contributed by atoms with Crippen LogP contribution >= 0.6 is 0 Å². The van der Waals surface area contributed by atoms with Gasteiger partial charge in [0.2, 0.25) is 5.91 Å². The monoisotopic (exact) mass is 976 g/mol. The summed E-state index contributed by atoms with van der Waals surface area (Å²) in [5.74, 6) is -0.255. The molecule has 2 saturated heterocycles. The molecule has 12 atom stereocenters. The molecule has 1 amide bonds. The molecule has 14 nitrogen and oxygen atoms in total. The van der Waals surface area contributed by atoms with E-state index >= 15 is 0 Å². The van der Waals surface area contributed by atoms with Crippen molar-refractivity contribution in [2.75, 3.05) is 19.8 Å². The molecule has 396 valence electrons. The number of aliphatic hydroxyl groups excluding tert-OH is 8. The van der Waals surface area contributed by atoms with E-state index in [1.807, 2.05) is 6.08 Å². The predicted octanol–water partition coefficient (Wildman–Crippen LogP) is 7.38. The fourth-order valence-electron chi connectivity index (χ4n) is 8.06. The maximum absolute atomic E-state index is 13.1. The molecule has 0 aromatic heterocycles. The molecule has 2 heterocycles. The molecule has 2 rings (SSSR count). The normalized spacial score (nSPS) is 26.9. The van der Waals surface area contributed by atoms with Crippen molar-refractivity contribution in [3.05, 3.63) is 85.1 Å². The molecule has 2 aliphatic heterocycles. The molecular weight excluding hydrogens is 883 g/mol. The zero-order valence-corrected chi connectivity index (χ0v) is 42.0. The molecule has 69 heavy (non-hydrogen) atoms. The summed E-state index contributed by atoms with van der Waals surface area (Å²) in [4.78, 5) is 13.1. The molecule has 0 aliphatic carbocycles. The highest BCUT2D eigenvalue weighted by Crippen LogP contribution is 2.30. The number of unbranched alkanes of at least 4 members (excludes halogenated alkanes) is 14. The first kappa shape index (κ1) is 62.3. The van der Waals surface area contributed by atoms with Crippen LogP contribution in [0, 0.1) is 0 Å². The van der Waals surface area contributed by atoms with Gasteiger partial charge < -0.3 is 65.1 Å². The second-order valence-corrected chi connectivity index (χ2v) is 18.3. The second-order valence-electron chi connectivity index (χ2n) is 18.3. The number of nitrogens with one attached hydrogen (secondary N) is 1. The standard InChI is InChI=1S/C55H93NO13/c1-3-5-7-9-11-12-13-14-15-16-17-18-19-20-21-22-23-24-25-26-27-28-29-30-31-32-33-35-37-39-47(60)56-43(44(59)38-36-34-10-8-6-4-2)42-66-54-52(65)50(63)53(46(41-58)68-54)69-55-51(64)49(62)48(61)45(40-57)67-55/h5,7,11-12,14-15,17-18,20-21,23-24,36,38,43-46,48-55,57-59,61-65H,3-4,6,8-10,13,16,19,22,25-35,37,39-42H2,1-2H3,(H,56,60)/b7-5-,12-11-,15-14-,18-17-,21-20-,24-23-,38-36+. The van der Waals surface area contributed by atoms with Gasteiger partial charge in [-0.15, -0.1) is 0 Å². The molecule has 9 N–H and O–H groups in total. The number of rotatable bonds is 39. The van der Waals surface area contributed by atoms with Crippen LogP contribution < -0.4 is 5.32 Å². The van der Waals surface area contributed by atoms with Crippen molar-refractivity contribution in [3.63, 3.8) is 0 Å². The maximum atomic E-state index is 13.1. The van der Waals surface area contributed by atoms with Crippen molar-refractivity contribution in [3.8, 4) is 0 Å². The Balaban J connectivity index is 1.65. The van der Waals surface area contributed by atoms with Crippen molar-refractivity contribution >= 4 is 5.91 Å². The fraction of sp³-hybridized carbons (Fsp3) is 0.727. The number of amides is 1. The van der Waals surface area contributed by atoms with Crippen LogP contribution in [0.2, 0.25) is 0 Å². The molecule has 0 radical (unpaired) electrons. The van der Waals surface area contributed by atoms with Gasteiger partial charge in [0.15, 0.2) is 12.6 Å². The second kappa shape index (κ2) is 40.7. The number of aliphatic hydroxyl groups is 8. The minimum Gasteiger partial charge on any atom is -0.394 e. The van der Waals surface area contributed by atoms with Crippen molar-refractivity contribution in [2.45, 2.75) is 235 Å². The van der Waals surface area contributed by atoms with Crippen LogP contribution in [0.1, 0.15) is 162 Å². The summed E-state index contributed by atoms with van der Waals surface area (Å²) in [7, 11) is 0. The van der Waals surface area contributed by atoms with Crippen molar-refractivity contribution in [2.24, 2.45) is 0 Å². The molecule has 0 bridgehead atoms. The van der Waals surface area contributed by atoms with E-state index in [1.54, 1.807) is 6.08 Å². The van der Waals surface area contributed by atoms with Crippen LogP contribution in [-0.2, 0) is 23.7 Å². The van der Waals surface area contributed by atoms with E-state index in [2.05, 4.69) is 92.1 Å². The molecule has 14 heteroatoms. The summed E-state index contributed by atoms with van der Waals surface area (Å²) in [6.07, 6.45) is 36.8. The van der Waals surface area contributed by atoms with E-state index in [-0.39, 0.29) is 18.9 Å². The Morgan fingerprint density at radius 3 is 1.54 bits per heavy atom. The predicted molar refractivity (Wildman–Crippen MR) is 272 cm³/mol. The first-order valence-electron chi connectivity index (χ1n) is 26.3. The topological polar surface area (TPSA) is 228 Å². The van der Waals surface area contributed by atoms with Gasteiger partial charge in [-0.2, -0.15) is 0 Å². The summed E-state index contributed by atoms with van der Waals surface area (Å²) in [6, 6.07) is -0.918. The molecule has 0 saturated carbocycles. The number of hydrogen-bond donors (Lipinski definition) is 9. The summed E-state index contributed by atoms with van der Waals surface area (Å²) >= 11 is 0. The third-order valence-electron chi connectivity index (χ3n) is 12.3. The molecule has 0 aromatic rings. The van der Waals surface area contributed by atoms with Crippen LogP contribution in [-0.4, -0.2) is 140 Å². The summed E-state index contributed by atoms with van der Waals surface area (Å²) in [5.41, 5.74) is 0. The Morgan fingerprint density at radius 1 is 0.536 bits per heavy atom. The molecule has 12 unspecified atom stereocenters. The van der Waals surface area contributed by atoms with E-state index in [1.165, 1.54) is 38.5 Å². The lowest BCUT2D eigenvalue weighted by Gasteiger charge is -2.46. The van der Waals surface area contributed by atoms with Crippen molar-refractivity contribution < 1.29 is 64.6 Å². The van der Waals surface area contributed by atoms with Gasteiger partial charge in [-0.3, -0.25) is 4.79 Å². The third-order valence-corrected chi connectivity index (χ3v) is 12.3. The molecule has 0 aromatic carbocycles. The fourth-order valence-corrected chi connectivity index (χ4v) is 8.06. The average molecular weight is 976 g/mol. The first-order valence-corrected chi connectivity index (χ1v) is 26.3. The van der Waals surface area contributed by atoms with Gasteiger partial charge >= 0.3 is 0 Å². The van der Waals surface area contributed by atoms with E-state index in [0.29, 0.717) is 6.42 Å². The Hall–Kier alpha value is -2.83. The van der Waals surface area contributed by atoms with E-state index < -0.39 is 86.8 Å². The van der Waals surface area contributed by atoms with Gasteiger partial charge in [-0.1, -0.05) is 170 Å². The van der Waals surface area contributed by atoms with Crippen LogP contribution in [0.3, 0.4) is 0 Å². The van der Waals surface area contributed by atoms with Crippen LogP contribution in [0.4, 0.5) is 0 Å². The summed E-state index contributed by atoms with van der Waals surface area (Å²) in [6.45, 7) is 2.55. The zero-order chi connectivity index (χ0) is 50.3. The highest BCUT2D eigenvalue weighted by molar-refractivity contribution is 5.76. The lowest BCUT2D eigenvalue weighted by molar-refractivity contribution is -0.359. The van der Waals surface area contributed by atoms with E-state index in [9.17, 15) is 45.6 Å². The smallest absolute Gasteiger partial charge is 0.220 e. The van der Waals surface area contributed by atoms with Crippen LogP contribution in [0.25, 0.3) is 0 Å². The van der Waals surface area contributed by atoms with Gasteiger partial charge in [-0.05, 0) is 70.6 Å². The van der Waals surface area contributed by atoms with E-state index in [4.69, 9.17) is 18.9 Å². The summed E-state index contributed by atoms with van der Waals surface area (Å²) < 4.78 is 22.6. The lowest BCUT2D eigenvalue weighted by atomic mass is 9.97. The molecule has 2 fully saturated rings. The molecule has 2 aliphatic rings. The van der Waals surface area contributed by atoms with Gasteiger partial charge in [0.25, 0.3) is 0 Å². The number of carbonyl (C=O) groups is 1. The number of hydrogen-bond acceptors (Lipinski definition) is 13. The minimum atomic E-state index is -1.79. The number of ether oxygens (including phenoxy) is 4. The lowest BCUT2D eigenvalue weighted by Crippen LogP contribution is -2.65. The first-order chi connectivity index (χ1) is 33.6. The highest BCUT2D eigenvalue weighted by Gasteiger charge is 2.51. The Morgan fingerprint density at radius 2 is 1.00 bits per heavy atom. The minimum absolute atomic E-state index is 0.255. The van der Waals surface area contributed by atoms with Crippen molar-refractivity contribution in [1.82, 2.24) is 5.32 Å². The Kier molecular flexibility index (Phi) is 36.8. The highest BCUT2D eigenvalue weighted by atomic mass is 16.7. The zero-order valence-electron chi connectivity index (χ0n) is 42.0. The number of allylic oxidation sites excluding steroid dienone is 13. The van der Waals surface area contributed by atoms with Gasteiger partial charge in [0.05, 0.1) is 32.0 Å². The third kappa shape index (κ3) is 27.5. The van der Waals surface area contributed by atoms with Gasteiger partial charge in [0.1, 0.15) is 48.8 Å². The Bertz CT molecular complexity index is 1480. The van der Waals surface area contributed by atoms with Crippen LogP contribution in [0.5, 0.6) is 0 Å². The molecular formula is C55H93NO13. The Labute approximate surface area is 414 Å². The van der Waals surface area contributed by atoms with Gasteiger partial charge in [0, 0.05) is 6.42 Å². The van der Waals surface area contributed by atoms with Crippen LogP contribution in [0.15, 0.2) is 85.1 Å². The summed E-state index contributed by atoms with van der Waals surface area (Å²) in [5, 5.41) is 86.3. The van der Waals surface area contributed by atoms with Gasteiger partial charge in [-0.25, -0.2) is 0 Å². The van der Waals surface area contributed by atoms with Crippen molar-refractivity contribution in [1.29, 1.82) is 0 Å². The van der Waals surface area contributed by atoms with E-state index in [0.717, 1.165) is 96.3 Å². The molecule has 0 spiro atoms. The SMILES string of the molecule is CC/C=C\C/C=C\C/C=C\C/C=C\C/C=C\C/C=C\CCCCCCCCCCCCC(=O)NC(COC1OC(CO)C(OC2OC(CO)C(O)C(O)C2O)C(O)C1O)C(O)/C=C/CCCCCC. The maximum Gasteiger partial charge on any atom is 0.220 e.